The van der Waals surface area contributed by atoms with Gasteiger partial charge in [0, 0.05) is 17.1 Å². The van der Waals surface area contributed by atoms with Gasteiger partial charge in [-0.3, -0.25) is 14.6 Å². The fourth-order valence-electron chi connectivity index (χ4n) is 2.50. The summed E-state index contributed by atoms with van der Waals surface area (Å²) in [5, 5.41) is 19.4. The second-order valence-electron chi connectivity index (χ2n) is 7.03. The van der Waals surface area contributed by atoms with Crippen molar-refractivity contribution in [1.29, 1.82) is 0 Å². The Bertz CT molecular complexity index is 816. The molecule has 1 atom stereocenters. The molecule has 2 rings (SSSR count). The number of hydrogen-bond donors (Lipinski definition) is 4. The molecule has 0 aliphatic heterocycles. The summed E-state index contributed by atoms with van der Waals surface area (Å²) >= 11 is 1.38. The van der Waals surface area contributed by atoms with Gasteiger partial charge in [0.1, 0.15) is 23.5 Å². The van der Waals surface area contributed by atoms with Crippen molar-refractivity contribution in [3.05, 3.63) is 29.4 Å². The van der Waals surface area contributed by atoms with Gasteiger partial charge in [-0.05, 0) is 31.3 Å². The number of rotatable bonds is 10. The van der Waals surface area contributed by atoms with Crippen LogP contribution in [0.4, 0.5) is 10.6 Å². The Labute approximate surface area is 175 Å². The van der Waals surface area contributed by atoms with Crippen LogP contribution in [0.3, 0.4) is 0 Å². The molecule has 0 saturated heterocycles. The first-order valence-corrected chi connectivity index (χ1v) is 10.2. The molecule has 0 aliphatic rings. The summed E-state index contributed by atoms with van der Waals surface area (Å²) < 4.78 is 0. The third-order valence-corrected chi connectivity index (χ3v) is 4.59. The molecule has 2 amide bonds. The van der Waals surface area contributed by atoms with Crippen LogP contribution >= 0.6 is 11.3 Å². The fraction of sp³-hybridized carbons (Fsp3) is 0.412. The number of nitrogens with zero attached hydrogens (tertiary/aromatic N) is 2. The number of carbonyl (C=O) groups is 2. The molecule has 0 radical (unpaired) electrons. The highest BCUT2D eigenvalue weighted by atomic mass is 32.1. The molecular weight excluding hydrogens is 392 g/mol. The number of hydrogen-bond acceptors (Lipinski definition) is 8. The van der Waals surface area contributed by atoms with Crippen molar-refractivity contribution in [3.63, 3.8) is 0 Å². The van der Waals surface area contributed by atoms with Crippen LogP contribution in [0.2, 0.25) is 6.82 Å². The molecule has 0 unspecified atom stereocenters. The van der Waals surface area contributed by atoms with E-state index >= 15 is 0 Å². The summed E-state index contributed by atoms with van der Waals surface area (Å²) in [5.41, 5.74) is 1.50. The number of carbonyl (C=O) groups excluding carboxylic acids is 2. The van der Waals surface area contributed by atoms with E-state index in [4.69, 9.17) is 9.86 Å². The predicted octanol–water partition coefficient (Wildman–Crippen LogP) is 1.03. The predicted molar refractivity (Wildman–Crippen MR) is 116 cm³/mol. The summed E-state index contributed by atoms with van der Waals surface area (Å²) in [4.78, 5) is 37.7. The van der Waals surface area contributed by atoms with E-state index in [1.165, 1.54) is 19.2 Å². The zero-order valence-corrected chi connectivity index (χ0v) is 17.7. The zero-order valence-electron chi connectivity index (χ0n) is 16.9. The standard InChI is InChI=1S/C17H25B2N5O4S/c1-10(2)6-13(21-17(18)26)15(25)22-14-9-29-16(23-14)11-4-5-12(20-7-11)8-28-24-19(3)27/h4-5,7,9-10,13,24,27H,6,8,18H2,1-3H3,(H,21,26)(H,22,25)/t13-/m0/s1. The fourth-order valence-corrected chi connectivity index (χ4v) is 3.24. The van der Waals surface area contributed by atoms with Crippen molar-refractivity contribution in [2.75, 3.05) is 5.32 Å². The van der Waals surface area contributed by atoms with Crippen LogP contribution in [0.5, 0.6) is 0 Å². The van der Waals surface area contributed by atoms with Crippen LogP contribution in [0.25, 0.3) is 10.6 Å². The molecule has 12 heteroatoms. The largest absolute Gasteiger partial charge is 0.436 e. The van der Waals surface area contributed by atoms with Crippen LogP contribution in [0, 0.1) is 5.92 Å². The Kier molecular flexibility index (Phi) is 8.77. The Morgan fingerprint density at radius 1 is 1.38 bits per heavy atom. The lowest BCUT2D eigenvalue weighted by Gasteiger charge is -2.18. The lowest BCUT2D eigenvalue weighted by molar-refractivity contribution is -0.118. The second-order valence-corrected chi connectivity index (χ2v) is 7.89. The summed E-state index contributed by atoms with van der Waals surface area (Å²) in [6, 6.07) is 3.06. The molecule has 0 aromatic carbocycles. The van der Waals surface area contributed by atoms with Gasteiger partial charge in [0.25, 0.3) is 0 Å². The van der Waals surface area contributed by atoms with Crippen LogP contribution in [0.1, 0.15) is 26.0 Å². The lowest BCUT2D eigenvalue weighted by atomic mass is 9.92. The maximum atomic E-state index is 12.5. The van der Waals surface area contributed by atoms with Crippen molar-refractivity contribution < 1.29 is 19.5 Å². The number of amides is 2. The molecule has 4 N–H and O–H groups in total. The number of aromatic nitrogens is 2. The number of thiazole rings is 1. The summed E-state index contributed by atoms with van der Waals surface area (Å²) in [5.74, 6) is 0.154. The first-order chi connectivity index (χ1) is 13.7. The monoisotopic (exact) mass is 417 g/mol. The van der Waals surface area contributed by atoms with Crippen LogP contribution < -0.4 is 16.0 Å². The highest BCUT2D eigenvalue weighted by molar-refractivity contribution is 7.13. The Morgan fingerprint density at radius 2 is 2.14 bits per heavy atom. The molecule has 29 heavy (non-hydrogen) atoms. The molecule has 154 valence electrons. The van der Waals surface area contributed by atoms with Crippen molar-refractivity contribution in [2.45, 2.75) is 39.7 Å². The second kappa shape index (κ2) is 11.1. The summed E-state index contributed by atoms with van der Waals surface area (Å²) in [7, 11) is 0.632. The molecule has 0 aliphatic carbocycles. The van der Waals surface area contributed by atoms with Gasteiger partial charge in [-0.2, -0.15) is 0 Å². The highest BCUT2D eigenvalue weighted by Gasteiger charge is 2.21. The van der Waals surface area contributed by atoms with Crippen molar-refractivity contribution in [2.24, 2.45) is 5.92 Å². The van der Waals surface area contributed by atoms with E-state index in [-0.39, 0.29) is 24.2 Å². The highest BCUT2D eigenvalue weighted by Crippen LogP contribution is 2.25. The van der Waals surface area contributed by atoms with Crippen LogP contribution in [-0.4, -0.2) is 47.6 Å². The first-order valence-electron chi connectivity index (χ1n) is 9.28. The van der Waals surface area contributed by atoms with Crippen LogP contribution in [-0.2, 0) is 16.2 Å². The van der Waals surface area contributed by atoms with Gasteiger partial charge >= 0.3 is 7.05 Å². The molecular formula is C17H25B2N5O4S. The quantitative estimate of drug-likeness (QED) is 0.336. The van der Waals surface area contributed by atoms with Gasteiger partial charge < -0.3 is 20.5 Å². The molecule has 2 aromatic rings. The lowest BCUT2D eigenvalue weighted by Crippen LogP contribution is -2.44. The third-order valence-electron chi connectivity index (χ3n) is 3.70. The topological polar surface area (TPSA) is 125 Å². The van der Waals surface area contributed by atoms with E-state index < -0.39 is 13.1 Å². The maximum Gasteiger partial charge on any atom is 0.398 e. The van der Waals surface area contributed by atoms with Crippen LogP contribution in [0.15, 0.2) is 23.7 Å². The summed E-state index contributed by atoms with van der Waals surface area (Å²) in [6.45, 7) is 5.75. The Balaban J connectivity index is 1.98. The maximum absolute atomic E-state index is 12.5. The van der Waals surface area contributed by atoms with Gasteiger partial charge in [-0.1, -0.05) is 13.8 Å². The van der Waals surface area contributed by atoms with E-state index in [2.05, 4.69) is 26.0 Å². The SMILES string of the molecule is BC(=O)N[C@@H](CC(C)C)C(=O)Nc1csc(-c2ccc(CONB(C)O)nc2)n1. The van der Waals surface area contributed by atoms with E-state index in [9.17, 15) is 9.59 Å². The molecule has 2 aromatic heterocycles. The zero-order chi connectivity index (χ0) is 21.4. The van der Waals surface area contributed by atoms with E-state index in [0.29, 0.717) is 22.9 Å². The minimum atomic E-state index is -0.760. The van der Waals surface area contributed by atoms with Gasteiger partial charge in [0.15, 0.2) is 5.81 Å². The molecule has 0 saturated carbocycles. The molecule has 0 spiro atoms. The van der Waals surface area contributed by atoms with E-state index in [0.717, 1.165) is 5.56 Å². The molecule has 0 fully saturated rings. The molecule has 2 heterocycles. The van der Waals surface area contributed by atoms with Crippen molar-refractivity contribution in [1.82, 2.24) is 20.7 Å². The van der Waals surface area contributed by atoms with Gasteiger partial charge in [0.2, 0.25) is 13.8 Å². The molecule has 9 nitrogen and oxygen atoms in total. The Morgan fingerprint density at radius 3 is 2.72 bits per heavy atom. The number of anilines is 1. The summed E-state index contributed by atoms with van der Waals surface area (Å²) in [6.07, 6.45) is 2.21. The number of nitrogens with one attached hydrogen (secondary N) is 3. The minimum Gasteiger partial charge on any atom is -0.436 e. The van der Waals surface area contributed by atoms with E-state index in [1.54, 1.807) is 24.5 Å². The first kappa shape index (κ1) is 23.0. The smallest absolute Gasteiger partial charge is 0.398 e. The average molecular weight is 417 g/mol. The molecule has 0 bridgehead atoms. The van der Waals surface area contributed by atoms with Crippen molar-refractivity contribution in [3.8, 4) is 10.6 Å². The van der Waals surface area contributed by atoms with Gasteiger partial charge in [-0.15, -0.1) is 11.3 Å². The normalized spacial score (nSPS) is 11.9. The van der Waals surface area contributed by atoms with Gasteiger partial charge in [0.05, 0.1) is 5.69 Å². The third kappa shape index (κ3) is 7.94. The minimum absolute atomic E-state index is 0.213. The Hall–Kier alpha value is -2.27. The van der Waals surface area contributed by atoms with Gasteiger partial charge in [-0.25, -0.2) is 10.4 Å². The average Bonchev–Trinajstić information content (AvgIpc) is 3.09. The van der Waals surface area contributed by atoms with E-state index in [1.807, 2.05) is 19.9 Å². The number of pyridine rings is 1. The van der Waals surface area contributed by atoms with Crippen molar-refractivity contribution >= 4 is 43.8 Å².